The monoisotopic (exact) mass is 764 g/mol. The Balaban J connectivity index is 1.52. The Hall–Kier alpha value is -4.90. The number of nitrogens with one attached hydrogen (secondary N) is 1. The van der Waals surface area contributed by atoms with Crippen LogP contribution in [-0.4, -0.2) is 51.2 Å². The summed E-state index contributed by atoms with van der Waals surface area (Å²) in [5.41, 5.74) is 4.32. The molecule has 1 atom stereocenters. The Labute approximate surface area is 303 Å². The molecule has 0 bridgehead atoms. The lowest BCUT2D eigenvalue weighted by atomic mass is 9.90. The van der Waals surface area contributed by atoms with E-state index in [0.717, 1.165) is 11.8 Å². The van der Waals surface area contributed by atoms with Gasteiger partial charge in [-0.1, -0.05) is 55.5 Å². The van der Waals surface area contributed by atoms with Crippen molar-refractivity contribution in [2.45, 2.75) is 42.6 Å². The van der Waals surface area contributed by atoms with Crippen LogP contribution in [0.25, 0.3) is 5.57 Å². The number of nitrogens with zero attached hydrogens (tertiary/aromatic N) is 1. The van der Waals surface area contributed by atoms with E-state index < -0.39 is 41.0 Å². The summed E-state index contributed by atoms with van der Waals surface area (Å²) < 4.78 is 101. The standard InChI is InChI=1S/C37H36N2O10S3/c1-3-35(28-8-6-10-33(22-28)51(44,45)46)38-29-15-11-26(12-16-29)37(34-20-19-31(40)23-36(34)52(47,48)49)27-13-17-30(18-14-27)39(4-2)24-25-7-5-9-32(21-25)50(41,42)43/h5-23,35,38H,3-4,24H2,1-2H3,(H,41,42,43)(H,44,45,46)(H,47,48,49). The van der Waals surface area contributed by atoms with E-state index in [1.807, 2.05) is 30.9 Å². The fraction of sp³-hybridized carbons (Fsp3) is 0.162. The molecule has 12 nitrogen and oxygen atoms in total. The second kappa shape index (κ2) is 15.4. The van der Waals surface area contributed by atoms with E-state index in [4.69, 9.17) is 0 Å². The van der Waals surface area contributed by atoms with Gasteiger partial charge < -0.3 is 10.2 Å². The van der Waals surface area contributed by atoms with Gasteiger partial charge in [0, 0.05) is 36.1 Å². The van der Waals surface area contributed by atoms with Gasteiger partial charge in [-0.3, -0.25) is 18.5 Å². The van der Waals surface area contributed by atoms with Crippen LogP contribution >= 0.6 is 0 Å². The van der Waals surface area contributed by atoms with Crippen LogP contribution in [0.15, 0.2) is 136 Å². The summed E-state index contributed by atoms with van der Waals surface area (Å²) in [7, 11) is -13.6. The van der Waals surface area contributed by atoms with Crippen LogP contribution in [-0.2, 0) is 41.7 Å². The minimum Gasteiger partial charge on any atom is -0.378 e. The SMILES string of the molecule is CCC(Nc1ccc(C(=C2C=CC(=O)C=C2S(=O)(=O)O)c2ccc(N(CC)Cc3cccc(S(=O)(=O)O)c3)cc2)cc1)c1cccc(S(=O)(=O)O)c1. The van der Waals surface area contributed by atoms with Gasteiger partial charge in [0.25, 0.3) is 30.4 Å². The van der Waals surface area contributed by atoms with Crippen LogP contribution in [0, 0.1) is 0 Å². The molecule has 0 amide bonds. The molecule has 15 heteroatoms. The third-order valence-corrected chi connectivity index (χ3v) is 11.0. The molecule has 0 saturated heterocycles. The minimum absolute atomic E-state index is 0.0957. The second-order valence-corrected chi connectivity index (χ2v) is 16.2. The first-order valence-electron chi connectivity index (χ1n) is 16.0. The lowest BCUT2D eigenvalue weighted by molar-refractivity contribution is -0.110. The fourth-order valence-corrected chi connectivity index (χ4v) is 7.70. The Morgan fingerprint density at radius 2 is 1.29 bits per heavy atom. The highest BCUT2D eigenvalue weighted by Gasteiger charge is 2.26. The topological polar surface area (TPSA) is 195 Å². The molecular formula is C37H36N2O10S3. The van der Waals surface area contributed by atoms with E-state index in [-0.39, 0.29) is 21.4 Å². The smallest absolute Gasteiger partial charge is 0.295 e. The van der Waals surface area contributed by atoms with E-state index in [0.29, 0.717) is 53.0 Å². The molecule has 4 aromatic carbocycles. The van der Waals surface area contributed by atoms with Crippen LogP contribution in [0.1, 0.15) is 48.6 Å². The number of allylic oxidation sites excluding steroid dienone is 4. The maximum absolute atomic E-state index is 12.5. The van der Waals surface area contributed by atoms with Crippen LogP contribution < -0.4 is 10.2 Å². The number of ketones is 1. The average molecular weight is 765 g/mol. The van der Waals surface area contributed by atoms with Gasteiger partial charge in [-0.25, -0.2) is 0 Å². The van der Waals surface area contributed by atoms with Crippen molar-refractivity contribution in [2.75, 3.05) is 16.8 Å². The summed E-state index contributed by atoms with van der Waals surface area (Å²) >= 11 is 0. The molecule has 1 aliphatic rings. The molecule has 0 aromatic heterocycles. The Bertz CT molecular complexity index is 2420. The van der Waals surface area contributed by atoms with Gasteiger partial charge in [0.15, 0.2) is 5.78 Å². The molecule has 1 unspecified atom stereocenters. The summed E-state index contributed by atoms with van der Waals surface area (Å²) in [5.74, 6) is -0.606. The zero-order chi connectivity index (χ0) is 37.8. The number of hydrogen-bond acceptors (Lipinski definition) is 9. The molecule has 0 saturated carbocycles. The fourth-order valence-electron chi connectivity index (χ4n) is 5.90. The number of hydrogen-bond donors (Lipinski definition) is 4. The lowest BCUT2D eigenvalue weighted by Gasteiger charge is -2.24. The maximum Gasteiger partial charge on any atom is 0.295 e. The molecular weight excluding hydrogens is 729 g/mol. The van der Waals surface area contributed by atoms with E-state index in [1.54, 1.807) is 60.7 Å². The number of rotatable bonds is 13. The highest BCUT2D eigenvalue weighted by molar-refractivity contribution is 7.90. The molecule has 5 rings (SSSR count). The quantitative estimate of drug-likeness (QED) is 0.108. The first kappa shape index (κ1) is 38.3. The first-order valence-corrected chi connectivity index (χ1v) is 20.3. The molecule has 52 heavy (non-hydrogen) atoms. The van der Waals surface area contributed by atoms with E-state index in [9.17, 15) is 43.7 Å². The normalized spacial score (nSPS) is 15.2. The Kier molecular flexibility index (Phi) is 11.3. The third-order valence-electron chi connectivity index (χ3n) is 8.45. The predicted molar refractivity (Wildman–Crippen MR) is 199 cm³/mol. The molecule has 0 spiro atoms. The summed E-state index contributed by atoms with van der Waals surface area (Å²) in [4.78, 5) is 13.2. The molecule has 1 aliphatic carbocycles. The maximum atomic E-state index is 12.5. The summed E-state index contributed by atoms with van der Waals surface area (Å²) in [5, 5.41) is 3.35. The van der Waals surface area contributed by atoms with Crippen LogP contribution in [0.4, 0.5) is 11.4 Å². The molecule has 0 aliphatic heterocycles. The van der Waals surface area contributed by atoms with Gasteiger partial charge in [0.05, 0.1) is 15.8 Å². The van der Waals surface area contributed by atoms with Gasteiger partial charge in [-0.2, -0.15) is 25.3 Å². The van der Waals surface area contributed by atoms with Gasteiger partial charge in [-0.05, 0) is 102 Å². The van der Waals surface area contributed by atoms with Crippen molar-refractivity contribution in [1.29, 1.82) is 0 Å². The van der Waals surface area contributed by atoms with Crippen LogP contribution in [0.2, 0.25) is 0 Å². The molecule has 4 aromatic rings. The van der Waals surface area contributed by atoms with Crippen LogP contribution in [0.5, 0.6) is 0 Å². The van der Waals surface area contributed by atoms with Gasteiger partial charge >= 0.3 is 0 Å². The number of carbonyl (C=O) groups excluding carboxylic acids is 1. The van der Waals surface area contributed by atoms with Crippen molar-refractivity contribution < 1.29 is 43.7 Å². The summed E-state index contributed by atoms with van der Waals surface area (Å²) in [6.07, 6.45) is 3.98. The van der Waals surface area contributed by atoms with Crippen molar-refractivity contribution in [3.63, 3.8) is 0 Å². The van der Waals surface area contributed by atoms with Crippen molar-refractivity contribution >= 4 is 53.1 Å². The van der Waals surface area contributed by atoms with Crippen molar-refractivity contribution in [1.82, 2.24) is 0 Å². The van der Waals surface area contributed by atoms with E-state index in [2.05, 4.69) is 5.32 Å². The number of anilines is 2. The largest absolute Gasteiger partial charge is 0.378 e. The van der Waals surface area contributed by atoms with E-state index in [1.165, 1.54) is 36.4 Å². The van der Waals surface area contributed by atoms with Gasteiger partial charge in [0.1, 0.15) is 4.91 Å². The first-order chi connectivity index (χ1) is 24.5. The zero-order valence-corrected chi connectivity index (χ0v) is 30.5. The van der Waals surface area contributed by atoms with Crippen molar-refractivity contribution in [3.8, 4) is 0 Å². The molecule has 272 valence electrons. The highest BCUT2D eigenvalue weighted by atomic mass is 32.2. The zero-order valence-electron chi connectivity index (χ0n) is 28.0. The summed E-state index contributed by atoms with van der Waals surface area (Å²) in [6, 6.07) is 25.8. The summed E-state index contributed by atoms with van der Waals surface area (Å²) in [6.45, 7) is 4.69. The van der Waals surface area contributed by atoms with Crippen molar-refractivity contribution in [2.24, 2.45) is 0 Å². The highest BCUT2D eigenvalue weighted by Crippen LogP contribution is 2.36. The van der Waals surface area contributed by atoms with Gasteiger partial charge in [-0.15, -0.1) is 0 Å². The third kappa shape index (κ3) is 9.11. The minimum atomic E-state index is -4.83. The number of carbonyl (C=O) groups is 1. The molecule has 0 radical (unpaired) electrons. The van der Waals surface area contributed by atoms with Gasteiger partial charge in [0.2, 0.25) is 0 Å². The Morgan fingerprint density at radius 1 is 0.712 bits per heavy atom. The second-order valence-electron chi connectivity index (χ2n) is 11.9. The van der Waals surface area contributed by atoms with E-state index >= 15 is 0 Å². The van der Waals surface area contributed by atoms with Crippen molar-refractivity contribution in [3.05, 3.63) is 148 Å². The predicted octanol–water partition coefficient (Wildman–Crippen LogP) is 6.48. The molecule has 0 fully saturated rings. The van der Waals surface area contributed by atoms with Crippen LogP contribution in [0.3, 0.4) is 0 Å². The number of benzene rings is 4. The Morgan fingerprint density at radius 3 is 1.85 bits per heavy atom. The molecule has 0 heterocycles. The molecule has 4 N–H and O–H groups in total. The average Bonchev–Trinajstić information content (AvgIpc) is 3.10. The lowest BCUT2D eigenvalue weighted by Crippen LogP contribution is -2.22.